The number of halogens is 1. The topological polar surface area (TPSA) is 71.0 Å². The number of fused-ring (bicyclic) bond motifs is 3. The van der Waals surface area contributed by atoms with Crippen molar-refractivity contribution >= 4 is 24.5 Å². The smallest absolute Gasteiger partial charge is 0.377 e. The summed E-state index contributed by atoms with van der Waals surface area (Å²) in [5.74, 6) is 1.61. The monoisotopic (exact) mass is 442 g/mol. The number of hydrogen-bond donors (Lipinski definition) is 1. The molecule has 0 saturated carbocycles. The van der Waals surface area contributed by atoms with Gasteiger partial charge < -0.3 is 24.2 Å². The average molecular weight is 443 g/mol. The predicted octanol–water partition coefficient (Wildman–Crippen LogP) is 3.04. The molecule has 5 rings (SSSR count). The van der Waals surface area contributed by atoms with Crippen molar-refractivity contribution in [3.8, 4) is 17.0 Å². The van der Waals surface area contributed by atoms with Crippen molar-refractivity contribution in [2.45, 2.75) is 51.1 Å². The van der Waals surface area contributed by atoms with Crippen molar-refractivity contribution in [1.82, 2.24) is 15.0 Å². The number of aryl methyl sites for hydroxylation is 1. The minimum absolute atomic E-state index is 0.217. The molecule has 3 aliphatic heterocycles. The van der Waals surface area contributed by atoms with Crippen LogP contribution >= 0.6 is 11.6 Å². The molecule has 2 bridgehead atoms. The van der Waals surface area contributed by atoms with Crippen molar-refractivity contribution in [1.29, 1.82) is 0 Å². The largest absolute Gasteiger partial charge is 0.489 e. The van der Waals surface area contributed by atoms with Crippen LogP contribution in [-0.2, 0) is 4.74 Å². The normalized spacial score (nSPS) is 26.1. The summed E-state index contributed by atoms with van der Waals surface area (Å²) in [6.45, 7) is 6.76. The highest BCUT2D eigenvalue weighted by atomic mass is 35.5. The maximum Gasteiger partial charge on any atom is 0.377 e. The van der Waals surface area contributed by atoms with E-state index in [0.717, 1.165) is 54.2 Å². The third kappa shape index (κ3) is 4.02. The zero-order valence-corrected chi connectivity index (χ0v) is 18.8. The van der Waals surface area contributed by atoms with Crippen molar-refractivity contribution in [3.63, 3.8) is 0 Å². The van der Waals surface area contributed by atoms with E-state index in [0.29, 0.717) is 30.9 Å². The van der Waals surface area contributed by atoms with Gasteiger partial charge in [0.25, 0.3) is 0 Å². The van der Waals surface area contributed by atoms with Crippen molar-refractivity contribution in [2.75, 3.05) is 31.3 Å². The summed E-state index contributed by atoms with van der Waals surface area (Å²) >= 11 is 6.12. The summed E-state index contributed by atoms with van der Waals surface area (Å²) in [6, 6.07) is 8.56. The Morgan fingerprint density at radius 1 is 1.13 bits per heavy atom. The third-order valence-corrected chi connectivity index (χ3v) is 6.94. The Hall–Kier alpha value is -1.87. The molecule has 2 aromatic rings. The van der Waals surface area contributed by atoms with Gasteiger partial charge in [-0.25, -0.2) is 0 Å². The molecule has 7 nitrogen and oxygen atoms in total. The highest BCUT2D eigenvalue weighted by molar-refractivity contribution is 6.45. The molecule has 1 aromatic carbocycles. The van der Waals surface area contributed by atoms with Gasteiger partial charge in [0.15, 0.2) is 11.6 Å². The highest BCUT2D eigenvalue weighted by Crippen LogP contribution is 2.38. The number of piperidine rings is 1. The molecule has 0 radical (unpaired) electrons. The summed E-state index contributed by atoms with van der Waals surface area (Å²) < 4.78 is 11.9. The Kier molecular flexibility index (Phi) is 5.81. The van der Waals surface area contributed by atoms with Crippen LogP contribution in [0.15, 0.2) is 24.3 Å². The van der Waals surface area contributed by atoms with Gasteiger partial charge in [-0.15, -0.1) is 10.2 Å². The Bertz CT molecular complexity index is 948. The number of ether oxygens (including phenoxy) is 2. The SMILES string of the molecule is CB(O)N1C2COCC1CC(N1CCCOc3cc(-c4ccc(Cl)cc4C)nnc31)C2. The number of aromatic nitrogens is 2. The van der Waals surface area contributed by atoms with E-state index in [1.54, 1.807) is 0 Å². The van der Waals surface area contributed by atoms with Gasteiger partial charge in [0.05, 0.1) is 25.5 Å². The van der Waals surface area contributed by atoms with Crippen LogP contribution in [0.25, 0.3) is 11.3 Å². The number of hydrogen-bond acceptors (Lipinski definition) is 7. The van der Waals surface area contributed by atoms with E-state index in [1.165, 1.54) is 0 Å². The van der Waals surface area contributed by atoms with Gasteiger partial charge in [-0.1, -0.05) is 17.7 Å². The Labute approximate surface area is 188 Å². The maximum absolute atomic E-state index is 10.3. The molecule has 0 aliphatic carbocycles. The second-order valence-corrected chi connectivity index (χ2v) is 9.26. The van der Waals surface area contributed by atoms with Crippen LogP contribution in [0.3, 0.4) is 0 Å². The highest BCUT2D eigenvalue weighted by Gasteiger charge is 2.44. The Balaban J connectivity index is 1.45. The van der Waals surface area contributed by atoms with Gasteiger partial charge >= 0.3 is 7.05 Å². The molecular formula is C22H28BClN4O3. The van der Waals surface area contributed by atoms with Crippen LogP contribution in [0.4, 0.5) is 5.82 Å². The van der Waals surface area contributed by atoms with Gasteiger partial charge in [-0.2, -0.15) is 0 Å². The number of rotatable bonds is 3. The maximum atomic E-state index is 10.3. The molecule has 164 valence electrons. The van der Waals surface area contributed by atoms with Gasteiger partial charge in [0.1, 0.15) is 0 Å². The second-order valence-electron chi connectivity index (χ2n) is 8.82. The van der Waals surface area contributed by atoms with Crippen LogP contribution in [0.5, 0.6) is 5.75 Å². The first kappa shape index (κ1) is 21.0. The molecule has 9 heteroatoms. The molecule has 1 N–H and O–H groups in total. The molecular weight excluding hydrogens is 415 g/mol. The fraction of sp³-hybridized carbons (Fsp3) is 0.545. The molecule has 2 saturated heterocycles. The van der Waals surface area contributed by atoms with Crippen LogP contribution in [0, 0.1) is 6.92 Å². The number of anilines is 1. The first-order valence-electron chi connectivity index (χ1n) is 11.1. The van der Waals surface area contributed by atoms with Crippen LogP contribution < -0.4 is 9.64 Å². The lowest BCUT2D eigenvalue weighted by atomic mass is 9.75. The summed E-state index contributed by atoms with van der Waals surface area (Å²) in [6.07, 6.45) is 2.80. The fourth-order valence-electron chi connectivity index (χ4n) is 5.38. The molecule has 31 heavy (non-hydrogen) atoms. The van der Waals surface area contributed by atoms with E-state index in [2.05, 4.69) is 19.9 Å². The van der Waals surface area contributed by atoms with E-state index in [-0.39, 0.29) is 12.1 Å². The van der Waals surface area contributed by atoms with Gasteiger partial charge in [-0.3, -0.25) is 0 Å². The first-order chi connectivity index (χ1) is 15.0. The molecule has 2 atom stereocenters. The lowest BCUT2D eigenvalue weighted by Gasteiger charge is -2.51. The zero-order chi connectivity index (χ0) is 21.5. The standard InChI is InChI=1S/C22H28BClN4O3/c1-14-8-15(24)4-5-19(14)20-11-21-22(26-25-20)27(6-3-7-31-21)16-9-17-12-30-13-18(10-16)28(17)23(2)29/h4-5,8,11,16-18,29H,3,6-7,9-10,12-13H2,1-2H3. The molecule has 0 amide bonds. The number of nitrogens with zero attached hydrogens (tertiary/aromatic N) is 4. The van der Waals surface area contributed by atoms with E-state index in [9.17, 15) is 5.02 Å². The van der Waals surface area contributed by atoms with Crippen molar-refractivity contribution < 1.29 is 14.5 Å². The van der Waals surface area contributed by atoms with Crippen molar-refractivity contribution in [3.05, 3.63) is 34.9 Å². The van der Waals surface area contributed by atoms with Crippen LogP contribution in [0.2, 0.25) is 11.8 Å². The molecule has 3 aliphatic rings. The summed E-state index contributed by atoms with van der Waals surface area (Å²) in [4.78, 5) is 4.59. The van der Waals surface area contributed by atoms with Gasteiger partial charge in [0, 0.05) is 41.3 Å². The Morgan fingerprint density at radius 2 is 1.90 bits per heavy atom. The summed E-state index contributed by atoms with van der Waals surface area (Å²) in [5, 5.41) is 20.2. The van der Waals surface area contributed by atoms with Crippen LogP contribution in [0.1, 0.15) is 24.8 Å². The fourth-order valence-corrected chi connectivity index (χ4v) is 5.60. The quantitative estimate of drug-likeness (QED) is 0.733. The lowest BCUT2D eigenvalue weighted by Crippen LogP contribution is -2.64. The molecule has 0 spiro atoms. The van der Waals surface area contributed by atoms with Crippen LogP contribution in [-0.4, -0.2) is 71.6 Å². The van der Waals surface area contributed by atoms with Crippen molar-refractivity contribution in [2.24, 2.45) is 0 Å². The number of morpholine rings is 1. The van der Waals surface area contributed by atoms with E-state index >= 15 is 0 Å². The molecule has 1 aromatic heterocycles. The Morgan fingerprint density at radius 3 is 2.61 bits per heavy atom. The molecule has 2 unspecified atom stereocenters. The van der Waals surface area contributed by atoms with E-state index in [1.807, 2.05) is 38.0 Å². The summed E-state index contributed by atoms with van der Waals surface area (Å²) in [7, 11) is -0.454. The minimum atomic E-state index is -0.454. The summed E-state index contributed by atoms with van der Waals surface area (Å²) in [5.41, 5.74) is 2.87. The second kappa shape index (κ2) is 8.58. The first-order valence-corrected chi connectivity index (χ1v) is 11.5. The minimum Gasteiger partial charge on any atom is -0.489 e. The van der Waals surface area contributed by atoms with E-state index < -0.39 is 7.05 Å². The van der Waals surface area contributed by atoms with Gasteiger partial charge in [-0.05, 0) is 50.7 Å². The third-order valence-electron chi connectivity index (χ3n) is 6.70. The zero-order valence-electron chi connectivity index (χ0n) is 18.0. The average Bonchev–Trinajstić information content (AvgIpc) is 2.94. The van der Waals surface area contributed by atoms with E-state index in [4.69, 9.17) is 21.1 Å². The lowest BCUT2D eigenvalue weighted by molar-refractivity contribution is -0.0444. The predicted molar refractivity (Wildman–Crippen MR) is 122 cm³/mol. The molecule has 2 fully saturated rings. The molecule has 4 heterocycles. The number of benzene rings is 1. The van der Waals surface area contributed by atoms with Gasteiger partial charge in [0.2, 0.25) is 0 Å².